The fraction of sp³-hybridized carbons (Fsp3) is 0.562. The number of ether oxygens (including phenoxy) is 2. The quantitative estimate of drug-likeness (QED) is 0.747. The lowest BCUT2D eigenvalue weighted by Gasteiger charge is -2.20. The van der Waals surface area contributed by atoms with E-state index in [4.69, 9.17) is 21.1 Å². The summed E-state index contributed by atoms with van der Waals surface area (Å²) in [6.07, 6.45) is 2.01. The average Bonchev–Trinajstić information content (AvgIpc) is 2.52. The van der Waals surface area contributed by atoms with Gasteiger partial charge in [-0.15, -0.1) is 11.6 Å². The largest absolute Gasteiger partial charge is 0.497 e. The van der Waals surface area contributed by atoms with Gasteiger partial charge >= 0.3 is 0 Å². The number of carbonyl (C=O) groups is 1. The number of halogens is 1. The highest BCUT2D eigenvalue weighted by Crippen LogP contribution is 2.24. The molecule has 1 amide bonds. The monoisotopic (exact) mass is 313 g/mol. The predicted octanol–water partition coefficient (Wildman–Crippen LogP) is 3.48. The fourth-order valence-electron chi connectivity index (χ4n) is 2.24. The summed E-state index contributed by atoms with van der Waals surface area (Å²) in [5, 5.41) is 2.81. The number of hydrogen-bond acceptors (Lipinski definition) is 3. The molecule has 1 rings (SSSR count). The summed E-state index contributed by atoms with van der Waals surface area (Å²) >= 11 is 6.33. The standard InChI is InChI=1S/C16H24ClNO3/c1-5-11(6-2)14(17)10-18-16(19)13-8-7-12(20-3)9-15(13)21-4/h7-9,11,14H,5-6,10H2,1-4H3,(H,18,19). The van der Waals surface area contributed by atoms with E-state index < -0.39 is 0 Å². The zero-order valence-electron chi connectivity index (χ0n) is 13.1. The summed E-state index contributed by atoms with van der Waals surface area (Å²) in [5.41, 5.74) is 0.478. The Morgan fingerprint density at radius 2 is 1.90 bits per heavy atom. The minimum absolute atomic E-state index is 0.0619. The predicted molar refractivity (Wildman–Crippen MR) is 85.6 cm³/mol. The normalized spacial score (nSPS) is 12.1. The number of hydrogen-bond donors (Lipinski definition) is 1. The summed E-state index contributed by atoms with van der Waals surface area (Å²) in [6, 6.07) is 5.11. The highest BCUT2D eigenvalue weighted by atomic mass is 35.5. The van der Waals surface area contributed by atoms with Gasteiger partial charge in [0.15, 0.2) is 0 Å². The summed E-state index contributed by atoms with van der Waals surface area (Å²) in [5.74, 6) is 1.35. The molecule has 1 N–H and O–H groups in total. The van der Waals surface area contributed by atoms with Crippen LogP contribution in [0.4, 0.5) is 0 Å². The highest BCUT2D eigenvalue weighted by molar-refractivity contribution is 6.21. The van der Waals surface area contributed by atoms with Gasteiger partial charge in [-0.05, 0) is 18.1 Å². The van der Waals surface area contributed by atoms with Gasteiger partial charge in [0.05, 0.1) is 25.2 Å². The van der Waals surface area contributed by atoms with Gasteiger partial charge in [0.25, 0.3) is 5.91 Å². The van der Waals surface area contributed by atoms with Crippen LogP contribution < -0.4 is 14.8 Å². The SMILES string of the molecule is CCC(CC)C(Cl)CNC(=O)c1ccc(OC)cc1OC. The Morgan fingerprint density at radius 3 is 2.43 bits per heavy atom. The Labute approximate surface area is 131 Å². The summed E-state index contributed by atoms with van der Waals surface area (Å²) < 4.78 is 10.3. The van der Waals surface area contributed by atoms with Crippen LogP contribution in [0.15, 0.2) is 18.2 Å². The van der Waals surface area contributed by atoms with E-state index in [-0.39, 0.29) is 11.3 Å². The van der Waals surface area contributed by atoms with E-state index in [1.807, 2.05) is 0 Å². The van der Waals surface area contributed by atoms with Crippen LogP contribution in [-0.2, 0) is 0 Å². The van der Waals surface area contributed by atoms with E-state index in [9.17, 15) is 4.79 Å². The molecule has 5 heteroatoms. The molecule has 0 saturated carbocycles. The van der Waals surface area contributed by atoms with Crippen molar-refractivity contribution in [2.24, 2.45) is 5.92 Å². The smallest absolute Gasteiger partial charge is 0.255 e. The number of nitrogens with one attached hydrogen (secondary N) is 1. The lowest BCUT2D eigenvalue weighted by atomic mass is 9.99. The van der Waals surface area contributed by atoms with Crippen LogP contribution >= 0.6 is 11.6 Å². The second kappa shape index (κ2) is 8.78. The minimum atomic E-state index is -0.189. The van der Waals surface area contributed by atoms with E-state index in [1.165, 1.54) is 7.11 Å². The van der Waals surface area contributed by atoms with E-state index in [1.54, 1.807) is 25.3 Å². The van der Waals surface area contributed by atoms with Crippen LogP contribution in [0.1, 0.15) is 37.0 Å². The first kappa shape index (κ1) is 17.6. The molecule has 0 aliphatic rings. The molecule has 1 aromatic carbocycles. The van der Waals surface area contributed by atoms with Crippen LogP contribution in [0.5, 0.6) is 11.5 Å². The molecule has 0 aliphatic heterocycles. The first-order valence-corrected chi connectivity index (χ1v) is 7.65. The maximum Gasteiger partial charge on any atom is 0.255 e. The van der Waals surface area contributed by atoms with Gasteiger partial charge in [0, 0.05) is 12.6 Å². The first-order chi connectivity index (χ1) is 10.1. The first-order valence-electron chi connectivity index (χ1n) is 7.21. The highest BCUT2D eigenvalue weighted by Gasteiger charge is 2.18. The van der Waals surface area contributed by atoms with Crippen LogP contribution in [0.2, 0.25) is 0 Å². The molecular weight excluding hydrogens is 290 g/mol. The van der Waals surface area contributed by atoms with Gasteiger partial charge in [-0.2, -0.15) is 0 Å². The van der Waals surface area contributed by atoms with E-state index in [2.05, 4.69) is 19.2 Å². The van der Waals surface area contributed by atoms with E-state index in [0.29, 0.717) is 29.5 Å². The number of benzene rings is 1. The van der Waals surface area contributed by atoms with Crippen LogP contribution in [0, 0.1) is 5.92 Å². The molecule has 1 atom stereocenters. The summed E-state index contributed by atoms with van der Waals surface area (Å²) in [7, 11) is 3.10. The second-order valence-electron chi connectivity index (χ2n) is 4.87. The van der Waals surface area contributed by atoms with Crippen molar-refractivity contribution < 1.29 is 14.3 Å². The van der Waals surface area contributed by atoms with Crippen molar-refractivity contribution in [1.82, 2.24) is 5.32 Å². The number of rotatable bonds is 8. The number of amides is 1. The molecule has 1 aromatic rings. The maximum atomic E-state index is 12.2. The Hall–Kier alpha value is -1.42. The van der Waals surface area contributed by atoms with Gasteiger partial charge in [-0.25, -0.2) is 0 Å². The van der Waals surface area contributed by atoms with Gasteiger partial charge < -0.3 is 14.8 Å². The fourth-order valence-corrected chi connectivity index (χ4v) is 2.67. The van der Waals surface area contributed by atoms with Crippen LogP contribution in [-0.4, -0.2) is 32.0 Å². The van der Waals surface area contributed by atoms with Gasteiger partial charge in [0.1, 0.15) is 11.5 Å². The van der Waals surface area contributed by atoms with Gasteiger partial charge in [-0.1, -0.05) is 26.7 Å². The molecule has 0 bridgehead atoms. The van der Waals surface area contributed by atoms with Crippen LogP contribution in [0.25, 0.3) is 0 Å². The summed E-state index contributed by atoms with van der Waals surface area (Å²) in [4.78, 5) is 12.2. The molecule has 0 radical (unpaired) electrons. The number of methoxy groups -OCH3 is 2. The molecule has 21 heavy (non-hydrogen) atoms. The Morgan fingerprint density at radius 1 is 1.24 bits per heavy atom. The van der Waals surface area contributed by atoms with E-state index >= 15 is 0 Å². The van der Waals surface area contributed by atoms with Gasteiger partial charge in [0.2, 0.25) is 0 Å². The lowest BCUT2D eigenvalue weighted by Crippen LogP contribution is -2.33. The molecule has 0 spiro atoms. The molecule has 0 aliphatic carbocycles. The molecule has 0 saturated heterocycles. The maximum absolute atomic E-state index is 12.2. The van der Waals surface area contributed by atoms with Crippen molar-refractivity contribution in [2.45, 2.75) is 32.1 Å². The zero-order valence-corrected chi connectivity index (χ0v) is 13.9. The van der Waals surface area contributed by atoms with Crippen molar-refractivity contribution in [3.05, 3.63) is 23.8 Å². The second-order valence-corrected chi connectivity index (χ2v) is 5.43. The zero-order chi connectivity index (χ0) is 15.8. The molecule has 118 valence electrons. The molecule has 0 heterocycles. The third-order valence-corrected chi connectivity index (χ3v) is 4.18. The lowest BCUT2D eigenvalue weighted by molar-refractivity contribution is 0.0948. The van der Waals surface area contributed by atoms with Crippen molar-refractivity contribution in [1.29, 1.82) is 0 Å². The summed E-state index contributed by atoms with van der Waals surface area (Å²) in [6.45, 7) is 4.66. The van der Waals surface area contributed by atoms with Gasteiger partial charge in [-0.3, -0.25) is 4.79 Å². The molecular formula is C16H24ClNO3. The molecule has 1 unspecified atom stereocenters. The molecule has 0 fully saturated rings. The average molecular weight is 314 g/mol. The van der Waals surface area contributed by atoms with Crippen molar-refractivity contribution >= 4 is 17.5 Å². The number of alkyl halides is 1. The number of carbonyl (C=O) groups excluding carboxylic acids is 1. The Bertz CT molecular complexity index is 461. The van der Waals surface area contributed by atoms with Crippen molar-refractivity contribution in [2.75, 3.05) is 20.8 Å². The van der Waals surface area contributed by atoms with Crippen molar-refractivity contribution in [3.63, 3.8) is 0 Å². The molecule has 0 aromatic heterocycles. The minimum Gasteiger partial charge on any atom is -0.497 e. The van der Waals surface area contributed by atoms with Crippen LogP contribution in [0.3, 0.4) is 0 Å². The Kier molecular flexibility index (Phi) is 7.37. The molecule has 4 nitrogen and oxygen atoms in total. The Balaban J connectivity index is 2.71. The van der Waals surface area contributed by atoms with Crippen molar-refractivity contribution in [3.8, 4) is 11.5 Å². The third-order valence-electron chi connectivity index (χ3n) is 3.67. The third kappa shape index (κ3) is 4.81. The topological polar surface area (TPSA) is 47.6 Å². The van der Waals surface area contributed by atoms with E-state index in [0.717, 1.165) is 12.8 Å².